The molecule has 39 heavy (non-hydrogen) atoms. The molecule has 2 atom stereocenters. The van der Waals surface area contributed by atoms with E-state index in [4.69, 9.17) is 10.5 Å². The molecule has 1 aromatic heterocycles. The third-order valence-corrected chi connectivity index (χ3v) is 7.33. The smallest absolute Gasteiger partial charge is 0.411 e. The molecule has 0 aliphatic carbocycles. The van der Waals surface area contributed by atoms with Crippen molar-refractivity contribution in [1.82, 2.24) is 9.88 Å². The zero-order valence-corrected chi connectivity index (χ0v) is 22.1. The van der Waals surface area contributed by atoms with Crippen molar-refractivity contribution in [2.24, 2.45) is 0 Å². The molecule has 10 heteroatoms. The van der Waals surface area contributed by atoms with Crippen molar-refractivity contribution in [3.8, 4) is 0 Å². The Kier molecular flexibility index (Phi) is 7.56. The number of hydrogen-bond donors (Lipinski definition) is 4. The first-order chi connectivity index (χ1) is 18.9. The molecule has 1 aliphatic rings. The predicted octanol–water partition coefficient (Wildman–Crippen LogP) is 5.94. The van der Waals surface area contributed by atoms with Crippen LogP contribution in [0.5, 0.6) is 0 Å². The van der Waals surface area contributed by atoms with E-state index >= 15 is 4.39 Å². The van der Waals surface area contributed by atoms with E-state index in [0.29, 0.717) is 35.1 Å². The number of ether oxygens (including phenoxy) is 1. The van der Waals surface area contributed by atoms with E-state index in [1.54, 1.807) is 53.6 Å². The van der Waals surface area contributed by atoms with Crippen molar-refractivity contribution < 1.29 is 18.7 Å². The van der Waals surface area contributed by atoms with Crippen LogP contribution in [0.25, 0.3) is 10.8 Å². The lowest BCUT2D eigenvalue weighted by Crippen LogP contribution is -2.38. The number of nitrogens with zero attached hydrogens (tertiary/aromatic N) is 2. The largest absolute Gasteiger partial charge is 0.453 e. The maximum Gasteiger partial charge on any atom is 0.411 e. The number of likely N-dealkylation sites (tertiary alicyclic amines) is 1. The number of benzene rings is 3. The Hall–Kier alpha value is -4.31. The molecule has 8 nitrogen and oxygen atoms in total. The van der Waals surface area contributed by atoms with Gasteiger partial charge in [0.2, 0.25) is 5.91 Å². The van der Waals surface area contributed by atoms with Gasteiger partial charge in [-0.2, -0.15) is 0 Å². The number of halogens is 1. The SMILES string of the molecule is COC(=O)Nc1ccc(S)c([C@H]2CCCN2C(=O)[C@H](Nc2ccc3c(N)nccc3c2)c2ccccc2F)c1. The van der Waals surface area contributed by atoms with Crippen LogP contribution in [-0.4, -0.2) is 35.5 Å². The average molecular weight is 546 g/mol. The summed E-state index contributed by atoms with van der Waals surface area (Å²) in [6.45, 7) is 0.498. The number of hydrogen-bond acceptors (Lipinski definition) is 7. The van der Waals surface area contributed by atoms with Crippen molar-refractivity contribution >= 4 is 52.6 Å². The lowest BCUT2D eigenvalue weighted by Gasteiger charge is -2.31. The third kappa shape index (κ3) is 5.46. The standard InChI is InChI=1S/C29H28FN5O3S/c1-38-29(37)34-19-9-11-25(39)22(16-19)24-7-4-14-35(24)28(36)26(21-5-2-3-6-23(21)30)33-18-8-10-20-17(15-18)12-13-32-27(20)31/h2-3,5-6,8-13,15-16,24,26,33,39H,4,7,14H2,1H3,(H2,31,32)(H,34,37)/t24-,26-/m1/s1. The fourth-order valence-corrected chi connectivity index (χ4v) is 5.32. The van der Waals surface area contributed by atoms with Crippen LogP contribution in [0.15, 0.2) is 77.8 Å². The van der Waals surface area contributed by atoms with Gasteiger partial charge in [0.25, 0.3) is 0 Å². The van der Waals surface area contributed by atoms with Crippen molar-refractivity contribution in [2.45, 2.75) is 29.8 Å². The van der Waals surface area contributed by atoms with E-state index in [1.807, 2.05) is 18.2 Å². The van der Waals surface area contributed by atoms with Gasteiger partial charge in [-0.15, -0.1) is 12.6 Å². The highest BCUT2D eigenvalue weighted by Crippen LogP contribution is 2.39. The summed E-state index contributed by atoms with van der Waals surface area (Å²) in [5, 5.41) is 7.57. The Morgan fingerprint density at radius 1 is 1.13 bits per heavy atom. The van der Waals surface area contributed by atoms with Crippen LogP contribution in [0, 0.1) is 5.82 Å². The van der Waals surface area contributed by atoms with Crippen LogP contribution < -0.4 is 16.4 Å². The van der Waals surface area contributed by atoms with Gasteiger partial charge in [-0.25, -0.2) is 14.2 Å². The Bertz CT molecular complexity index is 1550. The quantitative estimate of drug-likeness (QED) is 0.223. The van der Waals surface area contributed by atoms with Gasteiger partial charge in [-0.1, -0.05) is 18.2 Å². The van der Waals surface area contributed by atoms with Gasteiger partial charge >= 0.3 is 6.09 Å². The van der Waals surface area contributed by atoms with Crippen molar-refractivity contribution in [3.63, 3.8) is 0 Å². The first-order valence-corrected chi connectivity index (χ1v) is 12.9. The fourth-order valence-electron chi connectivity index (χ4n) is 5.03. The van der Waals surface area contributed by atoms with Gasteiger partial charge in [-0.05, 0) is 72.3 Å². The number of carbonyl (C=O) groups excluding carboxylic acids is 2. The molecule has 4 aromatic rings. The van der Waals surface area contributed by atoms with E-state index in [9.17, 15) is 9.59 Å². The van der Waals surface area contributed by atoms with Gasteiger partial charge in [0.05, 0.1) is 13.2 Å². The zero-order chi connectivity index (χ0) is 27.5. The maximum absolute atomic E-state index is 15.1. The van der Waals surface area contributed by atoms with E-state index in [1.165, 1.54) is 13.2 Å². The maximum atomic E-state index is 15.1. The van der Waals surface area contributed by atoms with Crippen molar-refractivity contribution in [3.05, 3.63) is 89.9 Å². The first-order valence-electron chi connectivity index (χ1n) is 12.5. The van der Waals surface area contributed by atoms with Gasteiger partial charge in [-0.3, -0.25) is 10.1 Å². The molecule has 4 N–H and O–H groups in total. The van der Waals surface area contributed by atoms with E-state index in [2.05, 4.69) is 28.2 Å². The molecule has 1 fully saturated rings. The highest BCUT2D eigenvalue weighted by atomic mass is 32.1. The zero-order valence-electron chi connectivity index (χ0n) is 21.2. The Balaban J connectivity index is 1.50. The monoisotopic (exact) mass is 545 g/mol. The van der Waals surface area contributed by atoms with E-state index in [0.717, 1.165) is 22.8 Å². The van der Waals surface area contributed by atoms with E-state index < -0.39 is 18.0 Å². The number of nitrogens with two attached hydrogens (primary N) is 1. The van der Waals surface area contributed by atoms with E-state index in [-0.39, 0.29) is 17.5 Å². The first kappa shape index (κ1) is 26.3. The number of nitrogen functional groups attached to an aromatic ring is 1. The second-order valence-corrected chi connectivity index (χ2v) is 9.79. The Labute approximate surface area is 230 Å². The number of anilines is 3. The normalized spacial score (nSPS) is 15.7. The van der Waals surface area contributed by atoms with Crippen LogP contribution in [0.4, 0.5) is 26.4 Å². The minimum absolute atomic E-state index is 0.245. The Morgan fingerprint density at radius 2 is 1.92 bits per heavy atom. The Morgan fingerprint density at radius 3 is 2.72 bits per heavy atom. The number of pyridine rings is 1. The van der Waals surface area contributed by atoms with Gasteiger partial charge in [0.1, 0.15) is 17.7 Å². The van der Waals surface area contributed by atoms with Crippen LogP contribution in [0.1, 0.15) is 36.1 Å². The number of aromatic nitrogens is 1. The number of rotatable bonds is 6. The van der Waals surface area contributed by atoms with Crippen LogP contribution in [0.2, 0.25) is 0 Å². The van der Waals surface area contributed by atoms with Crippen molar-refractivity contribution in [2.75, 3.05) is 30.0 Å². The topological polar surface area (TPSA) is 110 Å². The molecule has 0 saturated carbocycles. The highest BCUT2D eigenvalue weighted by molar-refractivity contribution is 7.80. The molecule has 0 unspecified atom stereocenters. The number of nitrogens with one attached hydrogen (secondary N) is 2. The molecular weight excluding hydrogens is 517 g/mol. The van der Waals surface area contributed by atoms with Crippen LogP contribution >= 0.6 is 12.6 Å². The molecule has 5 rings (SSSR count). The number of amides is 2. The van der Waals surface area contributed by atoms with Crippen LogP contribution in [-0.2, 0) is 9.53 Å². The molecule has 0 bridgehead atoms. The molecule has 2 amide bonds. The molecule has 1 saturated heterocycles. The lowest BCUT2D eigenvalue weighted by atomic mass is 10.0. The van der Waals surface area contributed by atoms with Crippen LogP contribution in [0.3, 0.4) is 0 Å². The summed E-state index contributed by atoms with van der Waals surface area (Å²) >= 11 is 4.63. The summed E-state index contributed by atoms with van der Waals surface area (Å²) in [4.78, 5) is 32.5. The molecule has 200 valence electrons. The number of fused-ring (bicyclic) bond motifs is 1. The molecular formula is C29H28FN5O3S. The summed E-state index contributed by atoms with van der Waals surface area (Å²) < 4.78 is 19.8. The third-order valence-electron chi connectivity index (χ3n) is 6.92. The van der Waals surface area contributed by atoms with Gasteiger partial charge in [0.15, 0.2) is 0 Å². The summed E-state index contributed by atoms with van der Waals surface area (Å²) in [5.41, 5.74) is 8.21. The number of methoxy groups -OCH3 is 1. The summed E-state index contributed by atoms with van der Waals surface area (Å²) in [6.07, 6.45) is 2.50. The summed E-state index contributed by atoms with van der Waals surface area (Å²) in [6, 6.07) is 17.6. The van der Waals surface area contributed by atoms with Crippen molar-refractivity contribution in [1.29, 1.82) is 0 Å². The van der Waals surface area contributed by atoms with Gasteiger partial charge < -0.3 is 20.7 Å². The summed E-state index contributed by atoms with van der Waals surface area (Å²) in [5.74, 6) is -0.337. The van der Waals surface area contributed by atoms with Gasteiger partial charge in [0, 0.05) is 40.0 Å². The minimum atomic E-state index is -0.983. The lowest BCUT2D eigenvalue weighted by molar-refractivity contribution is -0.133. The minimum Gasteiger partial charge on any atom is -0.453 e. The predicted molar refractivity (Wildman–Crippen MR) is 152 cm³/mol. The molecule has 3 aromatic carbocycles. The summed E-state index contributed by atoms with van der Waals surface area (Å²) in [7, 11) is 1.29. The average Bonchev–Trinajstić information content (AvgIpc) is 3.43. The highest BCUT2D eigenvalue weighted by Gasteiger charge is 2.36. The molecule has 2 heterocycles. The molecule has 0 radical (unpaired) electrons. The molecule has 1 aliphatic heterocycles. The number of thiol groups is 1. The fraction of sp³-hybridized carbons (Fsp3) is 0.207. The number of carbonyl (C=O) groups is 2. The second kappa shape index (κ2) is 11.2. The molecule has 0 spiro atoms. The second-order valence-electron chi connectivity index (χ2n) is 9.31.